The van der Waals surface area contributed by atoms with Gasteiger partial charge in [0.1, 0.15) is 0 Å². The maximum absolute atomic E-state index is 12.3. The molecule has 0 saturated heterocycles. The molecule has 8 nitrogen and oxygen atoms in total. The highest BCUT2D eigenvalue weighted by Crippen LogP contribution is 2.05. The lowest BCUT2D eigenvalue weighted by Gasteiger charge is -2.06. The molecule has 0 fully saturated rings. The standard InChI is InChI=1S/C16H17N5O3/c1-11-19-20-15(24-11)9-17-14(22)7-4-8-21-10-18-13-6-3-2-5-12(13)16(21)23/h2-3,5-6,10H,4,7-9H2,1H3,(H,17,22). The van der Waals surface area contributed by atoms with E-state index in [-0.39, 0.29) is 18.0 Å². The Morgan fingerprint density at radius 1 is 1.29 bits per heavy atom. The van der Waals surface area contributed by atoms with Gasteiger partial charge in [-0.15, -0.1) is 10.2 Å². The van der Waals surface area contributed by atoms with Gasteiger partial charge in [0.25, 0.3) is 5.56 Å². The van der Waals surface area contributed by atoms with Crippen LogP contribution in [0.25, 0.3) is 10.9 Å². The first-order valence-corrected chi connectivity index (χ1v) is 7.63. The Morgan fingerprint density at radius 3 is 2.92 bits per heavy atom. The first-order chi connectivity index (χ1) is 11.6. The molecule has 3 aromatic rings. The van der Waals surface area contributed by atoms with Gasteiger partial charge in [0, 0.05) is 19.9 Å². The van der Waals surface area contributed by atoms with Gasteiger partial charge in [-0.3, -0.25) is 14.2 Å². The fourth-order valence-electron chi connectivity index (χ4n) is 2.35. The van der Waals surface area contributed by atoms with Gasteiger partial charge in [-0.05, 0) is 18.6 Å². The molecule has 0 spiro atoms. The first kappa shape index (κ1) is 15.9. The zero-order chi connectivity index (χ0) is 16.9. The molecule has 1 amide bonds. The van der Waals surface area contributed by atoms with Gasteiger partial charge in [0.15, 0.2) is 0 Å². The first-order valence-electron chi connectivity index (χ1n) is 7.63. The number of fused-ring (bicyclic) bond motifs is 1. The molecule has 24 heavy (non-hydrogen) atoms. The average molecular weight is 327 g/mol. The SMILES string of the molecule is Cc1nnc(CNC(=O)CCCn2cnc3ccccc3c2=O)o1. The molecule has 124 valence electrons. The van der Waals surface area contributed by atoms with E-state index in [1.807, 2.05) is 12.1 Å². The number of carbonyl (C=O) groups excluding carboxylic acids is 1. The normalized spacial score (nSPS) is 10.9. The third-order valence-corrected chi connectivity index (χ3v) is 3.54. The van der Waals surface area contributed by atoms with E-state index in [4.69, 9.17) is 4.42 Å². The summed E-state index contributed by atoms with van der Waals surface area (Å²) in [6.45, 7) is 2.33. The van der Waals surface area contributed by atoms with Gasteiger partial charge in [-0.25, -0.2) is 4.98 Å². The molecule has 0 aliphatic carbocycles. The predicted octanol–water partition coefficient (Wildman–Crippen LogP) is 1.18. The molecule has 0 aliphatic heterocycles. The highest BCUT2D eigenvalue weighted by atomic mass is 16.4. The smallest absolute Gasteiger partial charge is 0.261 e. The van der Waals surface area contributed by atoms with E-state index in [2.05, 4.69) is 20.5 Å². The van der Waals surface area contributed by atoms with Crippen molar-refractivity contribution >= 4 is 16.8 Å². The Bertz CT molecular complexity index is 915. The van der Waals surface area contributed by atoms with Crippen LogP contribution in [0.5, 0.6) is 0 Å². The predicted molar refractivity (Wildman–Crippen MR) is 86.1 cm³/mol. The topological polar surface area (TPSA) is 103 Å². The van der Waals surface area contributed by atoms with E-state index in [1.165, 1.54) is 10.9 Å². The molecule has 0 unspecified atom stereocenters. The maximum atomic E-state index is 12.3. The average Bonchev–Trinajstić information content (AvgIpc) is 3.01. The quantitative estimate of drug-likeness (QED) is 0.729. The summed E-state index contributed by atoms with van der Waals surface area (Å²) in [5.74, 6) is 0.700. The molecular weight excluding hydrogens is 310 g/mol. The van der Waals surface area contributed by atoms with Crippen molar-refractivity contribution in [2.45, 2.75) is 32.9 Å². The van der Waals surface area contributed by atoms with Gasteiger partial charge in [0.2, 0.25) is 17.7 Å². The van der Waals surface area contributed by atoms with E-state index >= 15 is 0 Å². The summed E-state index contributed by atoms with van der Waals surface area (Å²) < 4.78 is 6.70. The number of para-hydroxylation sites is 1. The maximum Gasteiger partial charge on any atom is 0.261 e. The van der Waals surface area contributed by atoms with E-state index in [1.54, 1.807) is 19.1 Å². The van der Waals surface area contributed by atoms with Crippen molar-refractivity contribution < 1.29 is 9.21 Å². The summed E-state index contributed by atoms with van der Waals surface area (Å²) in [6.07, 6.45) is 2.35. The van der Waals surface area contributed by atoms with Crippen molar-refractivity contribution in [3.63, 3.8) is 0 Å². The van der Waals surface area contributed by atoms with Crippen LogP contribution < -0.4 is 10.9 Å². The summed E-state index contributed by atoms with van der Waals surface area (Å²) >= 11 is 0. The molecule has 8 heteroatoms. The Morgan fingerprint density at radius 2 is 2.12 bits per heavy atom. The summed E-state index contributed by atoms with van der Waals surface area (Å²) in [6, 6.07) is 7.20. The monoisotopic (exact) mass is 327 g/mol. The van der Waals surface area contributed by atoms with Crippen LogP contribution in [0.2, 0.25) is 0 Å². The third kappa shape index (κ3) is 3.65. The van der Waals surface area contributed by atoms with Gasteiger partial charge >= 0.3 is 0 Å². The second kappa shape index (κ2) is 7.03. The molecule has 0 radical (unpaired) electrons. The van der Waals surface area contributed by atoms with Crippen LogP contribution in [0.1, 0.15) is 24.6 Å². The lowest BCUT2D eigenvalue weighted by atomic mass is 10.2. The van der Waals surface area contributed by atoms with Crippen molar-refractivity contribution in [1.82, 2.24) is 25.1 Å². The van der Waals surface area contributed by atoms with Crippen LogP contribution in [0.4, 0.5) is 0 Å². The number of amides is 1. The molecule has 0 aliphatic rings. The van der Waals surface area contributed by atoms with Crippen LogP contribution in [0.15, 0.2) is 39.8 Å². The summed E-state index contributed by atoms with van der Waals surface area (Å²) in [4.78, 5) is 28.4. The van der Waals surface area contributed by atoms with Crippen molar-refractivity contribution in [1.29, 1.82) is 0 Å². The Balaban J connectivity index is 1.52. The number of aryl methyl sites for hydroxylation is 2. The van der Waals surface area contributed by atoms with Crippen molar-refractivity contribution in [2.24, 2.45) is 0 Å². The second-order valence-electron chi connectivity index (χ2n) is 5.36. The van der Waals surface area contributed by atoms with Crippen LogP contribution in [-0.2, 0) is 17.9 Å². The molecular formula is C16H17N5O3. The third-order valence-electron chi connectivity index (χ3n) is 3.54. The summed E-state index contributed by atoms with van der Waals surface area (Å²) in [5.41, 5.74) is 0.577. The number of carbonyl (C=O) groups is 1. The molecule has 0 bridgehead atoms. The lowest BCUT2D eigenvalue weighted by Crippen LogP contribution is -2.25. The van der Waals surface area contributed by atoms with Gasteiger partial charge < -0.3 is 9.73 Å². The van der Waals surface area contributed by atoms with E-state index < -0.39 is 0 Å². The van der Waals surface area contributed by atoms with E-state index in [0.29, 0.717) is 42.1 Å². The molecule has 0 atom stereocenters. The fraction of sp³-hybridized carbons (Fsp3) is 0.312. The van der Waals surface area contributed by atoms with Crippen molar-refractivity contribution in [3.05, 3.63) is 52.7 Å². The van der Waals surface area contributed by atoms with E-state index in [0.717, 1.165) is 0 Å². The minimum absolute atomic E-state index is 0.0951. The zero-order valence-electron chi connectivity index (χ0n) is 13.2. The van der Waals surface area contributed by atoms with Crippen molar-refractivity contribution in [2.75, 3.05) is 0 Å². The number of nitrogens with zero attached hydrogens (tertiary/aromatic N) is 4. The molecule has 0 saturated carbocycles. The minimum atomic E-state index is -0.132. The molecule has 2 aromatic heterocycles. The van der Waals surface area contributed by atoms with Gasteiger partial charge in [-0.2, -0.15) is 0 Å². The molecule has 2 heterocycles. The Labute approximate surface area is 137 Å². The highest BCUT2D eigenvalue weighted by Gasteiger charge is 2.07. The van der Waals surface area contributed by atoms with Gasteiger partial charge in [-0.1, -0.05) is 12.1 Å². The number of hydrogen-bond acceptors (Lipinski definition) is 6. The van der Waals surface area contributed by atoms with Gasteiger partial charge in [0.05, 0.1) is 23.8 Å². The van der Waals surface area contributed by atoms with Crippen LogP contribution in [-0.4, -0.2) is 25.7 Å². The highest BCUT2D eigenvalue weighted by molar-refractivity contribution is 5.77. The number of hydrogen-bond donors (Lipinski definition) is 1. The second-order valence-corrected chi connectivity index (χ2v) is 5.36. The lowest BCUT2D eigenvalue weighted by molar-refractivity contribution is -0.121. The number of rotatable bonds is 6. The largest absolute Gasteiger partial charge is 0.424 e. The number of nitrogens with one attached hydrogen (secondary N) is 1. The summed E-state index contributed by atoms with van der Waals surface area (Å²) in [7, 11) is 0. The number of benzene rings is 1. The number of aromatic nitrogens is 4. The van der Waals surface area contributed by atoms with Crippen LogP contribution >= 0.6 is 0 Å². The molecule has 1 N–H and O–H groups in total. The van der Waals surface area contributed by atoms with Crippen molar-refractivity contribution in [3.8, 4) is 0 Å². The molecule has 1 aromatic carbocycles. The Hall–Kier alpha value is -3.03. The molecule has 3 rings (SSSR count). The van der Waals surface area contributed by atoms with Crippen LogP contribution in [0.3, 0.4) is 0 Å². The van der Waals surface area contributed by atoms with E-state index in [9.17, 15) is 9.59 Å². The Kier molecular flexibility index (Phi) is 4.64. The zero-order valence-corrected chi connectivity index (χ0v) is 13.2. The fourth-order valence-corrected chi connectivity index (χ4v) is 2.35. The van der Waals surface area contributed by atoms with Crippen LogP contribution in [0, 0.1) is 6.92 Å². The minimum Gasteiger partial charge on any atom is -0.424 e. The summed E-state index contributed by atoms with van der Waals surface area (Å²) in [5, 5.41) is 10.8.